The molecule has 34 heavy (non-hydrogen) atoms. The second kappa shape index (κ2) is 10.2. The molecule has 4 aromatic rings. The van der Waals surface area contributed by atoms with E-state index in [4.69, 9.17) is 14.7 Å². The normalized spacial score (nSPS) is 14.3. The smallest absolute Gasteiger partial charge is 0.407 e. The number of benzene rings is 2. The van der Waals surface area contributed by atoms with Crippen LogP contribution in [0.2, 0.25) is 0 Å². The van der Waals surface area contributed by atoms with Crippen LogP contribution < -0.4 is 10.2 Å². The molecule has 0 saturated carbocycles. The van der Waals surface area contributed by atoms with Crippen molar-refractivity contribution in [3.8, 4) is 11.3 Å². The van der Waals surface area contributed by atoms with E-state index >= 15 is 0 Å². The van der Waals surface area contributed by atoms with Gasteiger partial charge in [-0.05, 0) is 42.7 Å². The van der Waals surface area contributed by atoms with Gasteiger partial charge in [-0.3, -0.25) is 0 Å². The van der Waals surface area contributed by atoms with Crippen LogP contribution in [0, 0.1) is 0 Å². The standard InChI is InChI=1S/C27H28N4O2S/c1-2-28-27(32)33-17-21-18-34-26(29-21)20-13-15-31(16-14-20)25-12-6-11-24(30-25)23-10-5-8-19-7-3-4-9-22(19)23/h3-12,18,20H,2,13-17H2,1H3,(H,28,32). The van der Waals surface area contributed by atoms with Crippen molar-refractivity contribution in [1.82, 2.24) is 15.3 Å². The van der Waals surface area contributed by atoms with E-state index in [1.807, 2.05) is 12.3 Å². The van der Waals surface area contributed by atoms with E-state index in [9.17, 15) is 4.79 Å². The van der Waals surface area contributed by atoms with E-state index < -0.39 is 6.09 Å². The molecule has 2 aromatic carbocycles. The van der Waals surface area contributed by atoms with Gasteiger partial charge in [0.1, 0.15) is 12.4 Å². The van der Waals surface area contributed by atoms with Crippen molar-refractivity contribution in [3.05, 3.63) is 76.7 Å². The fraction of sp³-hybridized carbons (Fsp3) is 0.296. The Kier molecular flexibility index (Phi) is 6.72. The van der Waals surface area contributed by atoms with Gasteiger partial charge in [-0.15, -0.1) is 11.3 Å². The number of fused-ring (bicyclic) bond motifs is 1. The second-order valence-electron chi connectivity index (χ2n) is 8.45. The summed E-state index contributed by atoms with van der Waals surface area (Å²) in [5.74, 6) is 1.46. The van der Waals surface area contributed by atoms with Gasteiger partial charge in [0.2, 0.25) is 0 Å². The summed E-state index contributed by atoms with van der Waals surface area (Å²) >= 11 is 1.66. The van der Waals surface area contributed by atoms with Crippen molar-refractivity contribution in [2.24, 2.45) is 0 Å². The van der Waals surface area contributed by atoms with E-state index in [-0.39, 0.29) is 6.61 Å². The van der Waals surface area contributed by atoms with Gasteiger partial charge in [-0.2, -0.15) is 0 Å². The Morgan fingerprint density at radius 1 is 1.06 bits per heavy atom. The highest BCUT2D eigenvalue weighted by atomic mass is 32.1. The molecule has 3 heterocycles. The molecule has 0 unspecified atom stereocenters. The number of alkyl carbamates (subject to hydrolysis) is 1. The highest BCUT2D eigenvalue weighted by Gasteiger charge is 2.24. The molecule has 174 valence electrons. The number of aromatic nitrogens is 2. The largest absolute Gasteiger partial charge is 0.443 e. The van der Waals surface area contributed by atoms with Crippen molar-refractivity contribution >= 4 is 34.0 Å². The van der Waals surface area contributed by atoms with Crippen molar-refractivity contribution in [3.63, 3.8) is 0 Å². The second-order valence-corrected chi connectivity index (χ2v) is 9.34. The molecule has 6 nitrogen and oxygen atoms in total. The average molecular weight is 473 g/mol. The van der Waals surface area contributed by atoms with Crippen LogP contribution in [-0.2, 0) is 11.3 Å². The minimum Gasteiger partial charge on any atom is -0.443 e. The van der Waals surface area contributed by atoms with Crippen LogP contribution in [0.25, 0.3) is 22.0 Å². The molecule has 0 atom stereocenters. The Morgan fingerprint density at radius 2 is 1.85 bits per heavy atom. The number of thiazole rings is 1. The first-order chi connectivity index (χ1) is 16.7. The van der Waals surface area contributed by atoms with E-state index in [0.717, 1.165) is 48.1 Å². The molecule has 0 bridgehead atoms. The molecule has 0 radical (unpaired) electrons. The van der Waals surface area contributed by atoms with E-state index in [0.29, 0.717) is 12.5 Å². The molecule has 1 aliphatic heterocycles. The lowest BCUT2D eigenvalue weighted by atomic mass is 9.97. The number of rotatable bonds is 6. The van der Waals surface area contributed by atoms with Gasteiger partial charge in [0.15, 0.2) is 0 Å². The molecule has 1 fully saturated rings. The molecule has 1 amide bonds. The SMILES string of the molecule is CCNC(=O)OCc1csc(C2CCN(c3cccc(-c4cccc5ccccc45)n3)CC2)n1. The molecule has 7 heteroatoms. The zero-order chi connectivity index (χ0) is 23.3. The average Bonchev–Trinajstić information content (AvgIpc) is 3.37. The van der Waals surface area contributed by atoms with Crippen LogP contribution >= 0.6 is 11.3 Å². The minimum atomic E-state index is -0.399. The number of amides is 1. The predicted octanol–water partition coefficient (Wildman–Crippen LogP) is 5.99. The van der Waals surface area contributed by atoms with Crippen LogP contribution in [0.4, 0.5) is 10.6 Å². The first-order valence-electron chi connectivity index (χ1n) is 11.8. The third kappa shape index (κ3) is 4.89. The Labute approximate surface area is 203 Å². The maximum absolute atomic E-state index is 11.5. The summed E-state index contributed by atoms with van der Waals surface area (Å²) in [6.45, 7) is 4.53. The summed E-state index contributed by atoms with van der Waals surface area (Å²) in [4.78, 5) is 23.6. The first kappa shape index (κ1) is 22.3. The maximum Gasteiger partial charge on any atom is 0.407 e. The number of hydrogen-bond acceptors (Lipinski definition) is 6. The fourth-order valence-electron chi connectivity index (χ4n) is 4.46. The van der Waals surface area contributed by atoms with Crippen molar-refractivity contribution < 1.29 is 9.53 Å². The van der Waals surface area contributed by atoms with Crippen molar-refractivity contribution in [1.29, 1.82) is 0 Å². The first-order valence-corrected chi connectivity index (χ1v) is 12.6. The number of carbonyl (C=O) groups excluding carboxylic acids is 1. The Bertz CT molecular complexity index is 1280. The minimum absolute atomic E-state index is 0.214. The molecule has 1 aliphatic rings. The topological polar surface area (TPSA) is 67.3 Å². The molecule has 5 rings (SSSR count). The number of anilines is 1. The predicted molar refractivity (Wildman–Crippen MR) is 137 cm³/mol. The zero-order valence-electron chi connectivity index (χ0n) is 19.2. The molecule has 0 aliphatic carbocycles. The van der Waals surface area contributed by atoms with Gasteiger partial charge < -0.3 is 15.0 Å². The van der Waals surface area contributed by atoms with Gasteiger partial charge in [0, 0.05) is 36.5 Å². The summed E-state index contributed by atoms with van der Waals surface area (Å²) < 4.78 is 5.20. The third-order valence-corrected chi connectivity index (χ3v) is 7.27. The molecular formula is C27H28N4O2S. The van der Waals surface area contributed by atoms with E-state index in [2.05, 4.69) is 70.9 Å². The van der Waals surface area contributed by atoms with Crippen LogP contribution in [-0.4, -0.2) is 35.7 Å². The summed E-state index contributed by atoms with van der Waals surface area (Å²) in [5.41, 5.74) is 2.99. The van der Waals surface area contributed by atoms with Crippen molar-refractivity contribution in [2.45, 2.75) is 32.3 Å². The van der Waals surface area contributed by atoms with Crippen molar-refractivity contribution in [2.75, 3.05) is 24.5 Å². The lowest BCUT2D eigenvalue weighted by Gasteiger charge is -2.32. The number of ether oxygens (including phenoxy) is 1. The Hall–Kier alpha value is -3.45. The lowest BCUT2D eigenvalue weighted by molar-refractivity contribution is 0.139. The maximum atomic E-state index is 11.5. The number of nitrogens with one attached hydrogen (secondary N) is 1. The van der Waals surface area contributed by atoms with Gasteiger partial charge in [-0.1, -0.05) is 48.5 Å². The van der Waals surface area contributed by atoms with Gasteiger partial charge in [-0.25, -0.2) is 14.8 Å². The third-order valence-electron chi connectivity index (χ3n) is 6.21. The molecule has 2 aromatic heterocycles. The number of carbonyl (C=O) groups is 1. The summed E-state index contributed by atoms with van der Waals surface area (Å²) in [6, 6.07) is 21.2. The summed E-state index contributed by atoms with van der Waals surface area (Å²) in [7, 11) is 0. The molecule has 1 N–H and O–H groups in total. The van der Waals surface area contributed by atoms with Gasteiger partial charge in [0.25, 0.3) is 0 Å². The molecule has 1 saturated heterocycles. The summed E-state index contributed by atoms with van der Waals surface area (Å²) in [5, 5.41) is 8.21. The Morgan fingerprint density at radius 3 is 2.71 bits per heavy atom. The molecule has 0 spiro atoms. The highest BCUT2D eigenvalue weighted by molar-refractivity contribution is 7.09. The lowest BCUT2D eigenvalue weighted by Crippen LogP contribution is -2.33. The summed E-state index contributed by atoms with van der Waals surface area (Å²) in [6.07, 6.45) is 1.66. The number of nitrogens with zero attached hydrogens (tertiary/aromatic N) is 3. The molecular weight excluding hydrogens is 444 g/mol. The number of piperidine rings is 1. The quantitative estimate of drug-likeness (QED) is 0.373. The van der Waals surface area contributed by atoms with Crippen LogP contribution in [0.5, 0.6) is 0 Å². The van der Waals surface area contributed by atoms with Gasteiger partial charge in [0.05, 0.1) is 16.4 Å². The Balaban J connectivity index is 1.24. The van der Waals surface area contributed by atoms with E-state index in [1.54, 1.807) is 11.3 Å². The monoisotopic (exact) mass is 472 g/mol. The van der Waals surface area contributed by atoms with Crippen LogP contribution in [0.1, 0.15) is 36.4 Å². The number of pyridine rings is 1. The highest BCUT2D eigenvalue weighted by Crippen LogP contribution is 2.33. The van der Waals surface area contributed by atoms with E-state index in [1.165, 1.54) is 16.3 Å². The van der Waals surface area contributed by atoms with Crippen LogP contribution in [0.15, 0.2) is 66.0 Å². The fourth-order valence-corrected chi connectivity index (χ4v) is 5.44. The number of hydrogen-bond donors (Lipinski definition) is 1. The zero-order valence-corrected chi connectivity index (χ0v) is 20.1. The van der Waals surface area contributed by atoms with Gasteiger partial charge >= 0.3 is 6.09 Å². The van der Waals surface area contributed by atoms with Crippen LogP contribution in [0.3, 0.4) is 0 Å².